The van der Waals surface area contributed by atoms with Gasteiger partial charge in [-0.05, 0) is 50.7 Å². The van der Waals surface area contributed by atoms with Crippen molar-refractivity contribution in [3.63, 3.8) is 0 Å². The molecule has 1 aliphatic rings. The zero-order chi connectivity index (χ0) is 30.3. The Morgan fingerprint density at radius 1 is 1.09 bits per heavy atom. The fraction of sp³-hybridized carbons (Fsp3) is 0.455. The van der Waals surface area contributed by atoms with Gasteiger partial charge in [0.1, 0.15) is 12.1 Å². The molecular formula is C33H46N6O4. The van der Waals surface area contributed by atoms with Gasteiger partial charge in [0.05, 0.1) is 25.1 Å². The fourth-order valence-corrected chi connectivity index (χ4v) is 4.84. The molecule has 2 atom stereocenters. The van der Waals surface area contributed by atoms with E-state index in [0.29, 0.717) is 19.0 Å². The second-order valence-corrected chi connectivity index (χ2v) is 11.8. The van der Waals surface area contributed by atoms with E-state index in [9.17, 15) is 14.4 Å². The van der Waals surface area contributed by atoms with E-state index in [1.807, 2.05) is 66.4 Å². The first-order chi connectivity index (χ1) is 20.0. The number of carbonyl (C=O) groups is 3. The van der Waals surface area contributed by atoms with Crippen LogP contribution in [0, 0.1) is 12.8 Å². The minimum atomic E-state index is -1.19. The molecule has 0 radical (unpaired) electrons. The third-order valence-electron chi connectivity index (χ3n) is 7.44. The molecule has 2 unspecified atom stereocenters. The molecule has 232 valence electrons. The number of carbonyl (C=O) groups excluding carboxylic acids is 3. The van der Waals surface area contributed by atoms with Crippen molar-refractivity contribution in [2.45, 2.75) is 72.2 Å². The number of aromatic nitrogens is 2. The number of hydrogen-bond donors (Lipinski definition) is 3. The Kier molecular flexibility index (Phi) is 11.6. The average Bonchev–Trinajstić information content (AvgIpc) is 3.40. The van der Waals surface area contributed by atoms with E-state index in [1.165, 1.54) is 0 Å². The molecule has 1 saturated heterocycles. The number of nitrogens with one attached hydrogen (secondary N) is 2. The smallest absolute Gasteiger partial charge is 0.250 e. The lowest BCUT2D eigenvalue weighted by Crippen LogP contribution is -2.56. The predicted octanol–water partition coefficient (Wildman–Crippen LogP) is 4.05. The Morgan fingerprint density at radius 2 is 1.79 bits per heavy atom. The number of likely N-dealkylation sites (tertiary alicyclic amines) is 1. The van der Waals surface area contributed by atoms with Crippen LogP contribution in [-0.4, -0.2) is 63.4 Å². The van der Waals surface area contributed by atoms with Crippen LogP contribution in [0.15, 0.2) is 67.1 Å². The summed E-state index contributed by atoms with van der Waals surface area (Å²) in [6.45, 7) is 8.96. The molecular weight excluding hydrogens is 544 g/mol. The Labute approximate surface area is 255 Å². The third kappa shape index (κ3) is 9.23. The number of imidazole rings is 1. The quantitative estimate of drug-likeness (QED) is 0.309. The molecule has 3 aromatic rings. The van der Waals surface area contributed by atoms with Gasteiger partial charge >= 0.3 is 0 Å². The minimum Gasteiger partial charge on any atom is -0.374 e. The largest absolute Gasteiger partial charge is 0.374 e. The van der Waals surface area contributed by atoms with Gasteiger partial charge < -0.3 is 30.6 Å². The molecule has 2 heterocycles. The minimum absolute atomic E-state index is 0. The molecule has 1 aliphatic heterocycles. The second kappa shape index (κ2) is 14.9. The highest BCUT2D eigenvalue weighted by Crippen LogP contribution is 2.26. The SMILES string of the molecule is C.Cc1cccc(C(C(=O)N2CCC(C)CC2)n2cnc(NC(=O)C(COCc3ccccc3)NC(=O)C(C)(C)N)c2)c1. The van der Waals surface area contributed by atoms with E-state index in [0.717, 1.165) is 29.5 Å². The van der Waals surface area contributed by atoms with Gasteiger partial charge in [-0.2, -0.15) is 0 Å². The standard InChI is InChI=1S/C32H42N6O4.CH4/c1-22-13-15-37(16-14-22)30(40)28(25-12-8-9-23(2)17-25)38-18-27(34-21-38)36-29(39)26(35-31(41)32(3,4)33)20-42-19-24-10-6-5-7-11-24;/h5-12,17-18,21-22,26,28H,13-16,19-20,33H2,1-4H3,(H,35,41)(H,36,39);1H4. The zero-order valence-electron chi connectivity index (χ0n) is 24.9. The van der Waals surface area contributed by atoms with E-state index >= 15 is 0 Å². The summed E-state index contributed by atoms with van der Waals surface area (Å²) in [5.41, 5.74) is 7.61. The highest BCUT2D eigenvalue weighted by atomic mass is 16.5. The summed E-state index contributed by atoms with van der Waals surface area (Å²) < 4.78 is 7.51. The Hall–Kier alpha value is -4.02. The highest BCUT2D eigenvalue weighted by molar-refractivity contribution is 5.98. The molecule has 4 rings (SSSR count). The number of ether oxygens (including phenoxy) is 1. The van der Waals surface area contributed by atoms with Gasteiger partial charge in [0.25, 0.3) is 5.91 Å². The van der Waals surface area contributed by atoms with Gasteiger partial charge in [-0.25, -0.2) is 4.98 Å². The molecule has 10 heteroatoms. The van der Waals surface area contributed by atoms with Crippen LogP contribution < -0.4 is 16.4 Å². The van der Waals surface area contributed by atoms with Gasteiger partial charge in [-0.1, -0.05) is 74.5 Å². The first-order valence-electron chi connectivity index (χ1n) is 14.4. The fourth-order valence-electron chi connectivity index (χ4n) is 4.84. The normalized spacial score (nSPS) is 15.2. The molecule has 3 amide bonds. The number of nitrogens with zero attached hydrogens (tertiary/aromatic N) is 3. The van der Waals surface area contributed by atoms with Crippen LogP contribution in [0.4, 0.5) is 5.82 Å². The van der Waals surface area contributed by atoms with Crippen LogP contribution in [0.25, 0.3) is 0 Å². The van der Waals surface area contributed by atoms with Crippen molar-refractivity contribution in [2.75, 3.05) is 25.0 Å². The molecule has 2 aromatic carbocycles. The van der Waals surface area contributed by atoms with E-state index < -0.39 is 29.4 Å². The molecule has 43 heavy (non-hydrogen) atoms. The van der Waals surface area contributed by atoms with Crippen LogP contribution in [0.1, 0.15) is 63.8 Å². The molecule has 4 N–H and O–H groups in total. The molecule has 0 spiro atoms. The van der Waals surface area contributed by atoms with Crippen molar-refractivity contribution >= 4 is 23.5 Å². The Balaban J connectivity index is 0.00000506. The molecule has 0 bridgehead atoms. The number of amides is 3. The van der Waals surface area contributed by atoms with Crippen LogP contribution in [0.5, 0.6) is 0 Å². The van der Waals surface area contributed by atoms with Gasteiger partial charge in [0.2, 0.25) is 11.8 Å². The van der Waals surface area contributed by atoms with E-state index in [1.54, 1.807) is 30.9 Å². The zero-order valence-corrected chi connectivity index (χ0v) is 24.9. The van der Waals surface area contributed by atoms with Crippen LogP contribution >= 0.6 is 0 Å². The van der Waals surface area contributed by atoms with Crippen molar-refractivity contribution in [3.8, 4) is 0 Å². The van der Waals surface area contributed by atoms with Crippen molar-refractivity contribution in [1.29, 1.82) is 0 Å². The number of aryl methyl sites for hydroxylation is 1. The van der Waals surface area contributed by atoms with Gasteiger partial charge in [-0.3, -0.25) is 14.4 Å². The predicted molar refractivity (Wildman–Crippen MR) is 168 cm³/mol. The molecule has 0 aliphatic carbocycles. The summed E-state index contributed by atoms with van der Waals surface area (Å²) in [6, 6.07) is 15.8. The number of piperidine rings is 1. The van der Waals surface area contributed by atoms with E-state index in [4.69, 9.17) is 10.5 Å². The maximum absolute atomic E-state index is 13.8. The van der Waals surface area contributed by atoms with E-state index in [-0.39, 0.29) is 32.4 Å². The number of nitrogens with two attached hydrogens (primary N) is 1. The summed E-state index contributed by atoms with van der Waals surface area (Å²) >= 11 is 0. The second-order valence-electron chi connectivity index (χ2n) is 11.8. The highest BCUT2D eigenvalue weighted by Gasteiger charge is 2.31. The number of hydrogen-bond acceptors (Lipinski definition) is 6. The number of rotatable bonds is 11. The van der Waals surface area contributed by atoms with Gasteiger partial charge in [0, 0.05) is 19.3 Å². The van der Waals surface area contributed by atoms with Crippen LogP contribution in [-0.2, 0) is 25.7 Å². The summed E-state index contributed by atoms with van der Waals surface area (Å²) in [5, 5.41) is 5.47. The topological polar surface area (TPSA) is 132 Å². The maximum Gasteiger partial charge on any atom is 0.250 e. The van der Waals surface area contributed by atoms with Crippen molar-refractivity contribution in [1.82, 2.24) is 19.8 Å². The summed E-state index contributed by atoms with van der Waals surface area (Å²) in [5.74, 6) is -0.150. The van der Waals surface area contributed by atoms with Crippen LogP contribution in [0.3, 0.4) is 0 Å². The third-order valence-corrected chi connectivity index (χ3v) is 7.44. The molecule has 10 nitrogen and oxygen atoms in total. The lowest BCUT2D eigenvalue weighted by Gasteiger charge is -2.33. The average molecular weight is 591 g/mol. The molecule has 1 fully saturated rings. The molecule has 0 saturated carbocycles. The Bertz CT molecular complexity index is 1360. The monoisotopic (exact) mass is 590 g/mol. The number of anilines is 1. The maximum atomic E-state index is 13.8. The van der Waals surface area contributed by atoms with E-state index in [2.05, 4.69) is 22.5 Å². The first-order valence-corrected chi connectivity index (χ1v) is 14.4. The summed E-state index contributed by atoms with van der Waals surface area (Å²) in [4.78, 5) is 46.1. The summed E-state index contributed by atoms with van der Waals surface area (Å²) in [6.07, 6.45) is 5.13. The lowest BCUT2D eigenvalue weighted by molar-refractivity contribution is -0.135. The summed E-state index contributed by atoms with van der Waals surface area (Å²) in [7, 11) is 0. The lowest BCUT2D eigenvalue weighted by atomic mass is 9.97. The molecule has 1 aromatic heterocycles. The van der Waals surface area contributed by atoms with Crippen molar-refractivity contribution in [3.05, 3.63) is 83.8 Å². The Morgan fingerprint density at radius 3 is 2.44 bits per heavy atom. The first kappa shape index (κ1) is 33.5. The van der Waals surface area contributed by atoms with Crippen molar-refractivity contribution in [2.24, 2.45) is 11.7 Å². The van der Waals surface area contributed by atoms with Gasteiger partial charge in [0.15, 0.2) is 5.82 Å². The van der Waals surface area contributed by atoms with Gasteiger partial charge in [-0.15, -0.1) is 0 Å². The number of benzene rings is 2. The van der Waals surface area contributed by atoms with Crippen LogP contribution in [0.2, 0.25) is 0 Å². The van der Waals surface area contributed by atoms with Crippen molar-refractivity contribution < 1.29 is 19.1 Å².